The summed E-state index contributed by atoms with van der Waals surface area (Å²) in [6, 6.07) is -13.4. The van der Waals surface area contributed by atoms with Crippen LogP contribution in [0.2, 0.25) is 0 Å². The molecule has 31 heteroatoms. The standard InChI is InChI=1S/C75H134N14O16S/c1-31-33-34-47(15)58(90)57-62(94)79-50(32-2)64(96)89(30)70(106-36-35-76-71(81-72(102)104-74(18,19)20)82-73(103)105-75(21,22)23)69(101)84(25)52(38-42(5)6)61(93)80-55(45(11)12)67(99)83(24)51(37-41(3)4)60(92)77-48(16)59(91)78-49(17)63(95)85(26)53(39-43(7)8)65(97)86(27)54(40-44(9)10)66(98)87(28)56(46(13)14)68(100)88(57)29/h31,33,41-58,70,90H,32,34-40H2,1-30H3,(H,77,92)(H,78,91)(H,79,94)(H,80,93)(H2,76,81,82,102,103)/b33-31+/t47-,48-,49+,50-,51?,52+,53+,54-,55-,56+,57?,58-,70?/m1/s1. The number of ether oxygens (including phenoxy) is 2. The average Bonchev–Trinajstić information content (AvgIpc) is 0.801. The highest BCUT2D eigenvalue weighted by Gasteiger charge is 2.47. The zero-order chi connectivity index (χ0) is 82.2. The Balaban J connectivity index is 4.70. The number of amides is 13. The number of aliphatic hydroxyl groups excluding tert-OH is 1. The van der Waals surface area contributed by atoms with Crippen LogP contribution < -0.4 is 31.9 Å². The maximum Gasteiger partial charge on any atom is 0.414 e. The molecule has 0 aromatic rings. The molecule has 1 saturated heterocycles. The van der Waals surface area contributed by atoms with Crippen molar-refractivity contribution in [1.82, 2.24) is 66.2 Å². The van der Waals surface area contributed by atoms with Crippen LogP contribution in [0.4, 0.5) is 9.59 Å². The summed E-state index contributed by atoms with van der Waals surface area (Å²) in [4.78, 5) is 204. The number of likely N-dealkylation sites (N-methyl/N-ethyl adjacent to an activating group) is 7. The highest BCUT2D eigenvalue weighted by Crippen LogP contribution is 2.28. The van der Waals surface area contributed by atoms with Gasteiger partial charge in [-0.15, -0.1) is 11.8 Å². The van der Waals surface area contributed by atoms with Crippen molar-refractivity contribution in [3.05, 3.63) is 12.2 Å². The molecule has 606 valence electrons. The van der Waals surface area contributed by atoms with Crippen LogP contribution in [0.1, 0.15) is 198 Å². The van der Waals surface area contributed by atoms with E-state index in [0.717, 1.165) is 26.5 Å². The van der Waals surface area contributed by atoms with Gasteiger partial charge in [0.1, 0.15) is 71.6 Å². The number of hydrogen-bond acceptors (Lipinski definition) is 18. The van der Waals surface area contributed by atoms with Gasteiger partial charge in [0.05, 0.1) is 12.6 Å². The summed E-state index contributed by atoms with van der Waals surface area (Å²) in [5, 5.41) is 26.7. The molecule has 0 aromatic heterocycles. The number of rotatable bonds is 19. The van der Waals surface area contributed by atoms with E-state index < -0.39 is 178 Å². The fraction of sp³-hybridized carbons (Fsp3) is 0.787. The van der Waals surface area contributed by atoms with Gasteiger partial charge in [-0.25, -0.2) is 9.59 Å². The molecule has 13 atom stereocenters. The number of carbonyl (C=O) groups is 13. The Labute approximate surface area is 636 Å². The summed E-state index contributed by atoms with van der Waals surface area (Å²) in [5.41, 5.74) is -1.94. The van der Waals surface area contributed by atoms with Crippen molar-refractivity contribution in [2.75, 3.05) is 61.6 Å². The smallest absolute Gasteiger partial charge is 0.414 e. The second-order valence-electron chi connectivity index (χ2n) is 32.5. The number of hydrogen-bond donors (Lipinski definition) is 7. The zero-order valence-electron chi connectivity index (χ0n) is 69.3. The molecule has 1 fully saturated rings. The molecule has 0 saturated carbocycles. The predicted octanol–water partition coefficient (Wildman–Crippen LogP) is 5.73. The van der Waals surface area contributed by atoms with Crippen molar-refractivity contribution in [1.29, 1.82) is 0 Å². The second-order valence-corrected chi connectivity index (χ2v) is 33.7. The highest BCUT2D eigenvalue weighted by atomic mass is 32.2. The zero-order valence-corrected chi connectivity index (χ0v) is 70.2. The number of aliphatic hydroxyl groups is 1. The van der Waals surface area contributed by atoms with E-state index in [-0.39, 0.29) is 80.5 Å². The minimum absolute atomic E-state index is 0.0149. The molecule has 106 heavy (non-hydrogen) atoms. The van der Waals surface area contributed by atoms with E-state index in [1.807, 2.05) is 55.4 Å². The number of allylic oxidation sites excluding steroid dienone is 2. The molecular formula is C75H134N14O16S. The quantitative estimate of drug-likeness (QED) is 0.0351. The van der Waals surface area contributed by atoms with Gasteiger partial charge in [-0.2, -0.15) is 0 Å². The number of alkyl carbamates (subject to hydrolysis) is 2. The van der Waals surface area contributed by atoms with E-state index in [9.17, 15) is 33.9 Å². The van der Waals surface area contributed by atoms with E-state index in [0.29, 0.717) is 0 Å². The molecule has 0 bridgehead atoms. The third-order valence-electron chi connectivity index (χ3n) is 18.1. The normalized spacial score (nSPS) is 24.7. The Bertz CT molecular complexity index is 3020. The average molecular weight is 1520 g/mol. The van der Waals surface area contributed by atoms with Crippen molar-refractivity contribution in [2.24, 2.45) is 46.4 Å². The van der Waals surface area contributed by atoms with Gasteiger partial charge in [0.2, 0.25) is 65.0 Å². The van der Waals surface area contributed by atoms with Crippen LogP contribution in [-0.4, -0.2) is 267 Å². The van der Waals surface area contributed by atoms with Crippen LogP contribution in [0.15, 0.2) is 17.1 Å². The lowest BCUT2D eigenvalue weighted by atomic mass is 9.91. The second kappa shape index (κ2) is 43.4. The number of aliphatic imine (C=N–C) groups is 1. The molecule has 7 N–H and O–H groups in total. The Morgan fingerprint density at radius 2 is 0.906 bits per heavy atom. The minimum atomic E-state index is -1.73. The number of thioether (sulfide) groups is 1. The molecule has 0 radical (unpaired) electrons. The number of nitrogens with zero attached hydrogens (tertiary/aromatic N) is 8. The van der Waals surface area contributed by atoms with E-state index >= 15 is 33.6 Å². The first-order valence-corrected chi connectivity index (χ1v) is 38.3. The van der Waals surface area contributed by atoms with Gasteiger partial charge in [-0.1, -0.05) is 109 Å². The van der Waals surface area contributed by atoms with E-state index in [4.69, 9.17) is 9.47 Å². The first-order valence-electron chi connectivity index (χ1n) is 37.2. The third kappa shape index (κ3) is 29.9. The molecule has 0 spiro atoms. The van der Waals surface area contributed by atoms with E-state index in [1.54, 1.807) is 102 Å². The lowest BCUT2D eigenvalue weighted by Gasteiger charge is -2.41. The van der Waals surface area contributed by atoms with E-state index in [1.165, 1.54) is 82.8 Å². The van der Waals surface area contributed by atoms with Crippen molar-refractivity contribution in [3.63, 3.8) is 0 Å². The molecule has 0 aliphatic carbocycles. The molecule has 1 aliphatic heterocycles. The monoisotopic (exact) mass is 1520 g/mol. The molecule has 1 aliphatic rings. The minimum Gasteiger partial charge on any atom is -0.444 e. The molecular weight excluding hydrogens is 1380 g/mol. The molecule has 3 unspecified atom stereocenters. The predicted molar refractivity (Wildman–Crippen MR) is 411 cm³/mol. The highest BCUT2D eigenvalue weighted by molar-refractivity contribution is 8.00. The number of guanidine groups is 1. The van der Waals surface area contributed by atoms with Crippen molar-refractivity contribution in [3.8, 4) is 0 Å². The van der Waals surface area contributed by atoms with Crippen LogP contribution in [0, 0.1) is 41.4 Å². The summed E-state index contributed by atoms with van der Waals surface area (Å²) in [5.74, 6) is -11.7. The summed E-state index contributed by atoms with van der Waals surface area (Å²) >= 11 is 0.873. The summed E-state index contributed by atoms with van der Waals surface area (Å²) in [6.07, 6.45) is 0.426. The van der Waals surface area contributed by atoms with Gasteiger partial charge in [-0.05, 0) is 142 Å². The first kappa shape index (κ1) is 96.4. The first-order chi connectivity index (χ1) is 48.7. The van der Waals surface area contributed by atoms with Crippen molar-refractivity contribution >= 4 is 94.9 Å². The van der Waals surface area contributed by atoms with E-state index in [2.05, 4.69) is 36.9 Å². The van der Waals surface area contributed by atoms with Gasteiger partial charge < -0.3 is 70.1 Å². The van der Waals surface area contributed by atoms with Gasteiger partial charge in [0.15, 0.2) is 5.37 Å². The summed E-state index contributed by atoms with van der Waals surface area (Å²) < 4.78 is 10.9. The number of nitrogens with one attached hydrogen (secondary N) is 6. The molecule has 30 nitrogen and oxygen atoms in total. The lowest BCUT2D eigenvalue weighted by molar-refractivity contribution is -0.157. The fourth-order valence-electron chi connectivity index (χ4n) is 12.1. The van der Waals surface area contributed by atoms with Crippen LogP contribution in [0.3, 0.4) is 0 Å². The molecule has 13 amide bonds. The van der Waals surface area contributed by atoms with Gasteiger partial charge >= 0.3 is 12.2 Å². The third-order valence-corrected chi connectivity index (χ3v) is 19.3. The van der Waals surface area contributed by atoms with Crippen LogP contribution >= 0.6 is 11.8 Å². The molecule has 1 rings (SSSR count). The summed E-state index contributed by atoms with van der Waals surface area (Å²) in [6.45, 7) is 38.9. The van der Waals surface area contributed by atoms with Crippen molar-refractivity contribution < 1.29 is 76.9 Å². The Morgan fingerprint density at radius 3 is 1.33 bits per heavy atom. The SMILES string of the molecule is C/C=C/C[C@@H](C)[C@@H](O)C1C(=O)N[C@H](CC)C(=O)N(C)C(SCCN=C(NC(=O)OC(C)(C)C)NC(=O)OC(C)(C)C)C(=O)N(C)[C@@H](CC(C)C)C(=O)N[C@H](C(C)C)C(=O)N(C)C(CC(C)C)C(=O)N[C@H](C)C(=O)N[C@@H](C)C(=O)N(C)[C@@H](CC(C)C)C(=O)N(C)[C@H](CC(C)C)C(=O)N(C)[C@@H](C(C)C)C(=O)N1C. The van der Waals surface area contributed by atoms with Gasteiger partial charge in [-0.3, -0.25) is 68.4 Å². The van der Waals surface area contributed by atoms with Gasteiger partial charge in [0.25, 0.3) is 5.91 Å². The molecule has 0 aromatic carbocycles. The molecule has 1 heterocycles. The van der Waals surface area contributed by atoms with Crippen LogP contribution in [0.5, 0.6) is 0 Å². The Morgan fingerprint density at radius 1 is 0.500 bits per heavy atom. The largest absolute Gasteiger partial charge is 0.444 e. The fourth-order valence-corrected chi connectivity index (χ4v) is 13.2. The van der Waals surface area contributed by atoms with Crippen LogP contribution in [0.25, 0.3) is 0 Å². The maximum atomic E-state index is 15.6. The van der Waals surface area contributed by atoms with Crippen LogP contribution in [-0.2, 0) is 62.2 Å². The van der Waals surface area contributed by atoms with Crippen molar-refractivity contribution in [2.45, 2.75) is 281 Å². The number of carbonyl (C=O) groups excluding carboxylic acids is 13. The summed E-state index contributed by atoms with van der Waals surface area (Å²) in [7, 11) is 9.68. The topological polar surface area (TPSA) is 368 Å². The van der Waals surface area contributed by atoms with Gasteiger partial charge in [0, 0.05) is 55.1 Å². The lowest BCUT2D eigenvalue weighted by Crippen LogP contribution is -2.64. The Hall–Kier alpha value is -7.57. The maximum absolute atomic E-state index is 15.6. The Kier molecular flexibility index (Phi) is 39.5.